The van der Waals surface area contributed by atoms with Gasteiger partial charge in [-0.25, -0.2) is 9.78 Å². The summed E-state index contributed by atoms with van der Waals surface area (Å²) in [6.07, 6.45) is 3.55. The second-order valence-corrected chi connectivity index (χ2v) is 11.4. The summed E-state index contributed by atoms with van der Waals surface area (Å²) in [5.74, 6) is -0.697. The molecular formula is C34H36N4O4. The van der Waals surface area contributed by atoms with E-state index < -0.39 is 0 Å². The molecule has 42 heavy (non-hydrogen) atoms. The Morgan fingerprint density at radius 2 is 1.83 bits per heavy atom. The topological polar surface area (TPSA) is 110 Å². The molecule has 3 aliphatic rings. The highest BCUT2D eigenvalue weighted by Crippen LogP contribution is 2.45. The molecule has 8 nitrogen and oxygen atoms in total. The third-order valence-electron chi connectivity index (χ3n) is 9.17. The van der Waals surface area contributed by atoms with E-state index in [4.69, 9.17) is 19.4 Å². The van der Waals surface area contributed by atoms with Crippen LogP contribution in [0.2, 0.25) is 0 Å². The van der Waals surface area contributed by atoms with Gasteiger partial charge in [0.15, 0.2) is 0 Å². The fourth-order valence-corrected chi connectivity index (χ4v) is 6.64. The van der Waals surface area contributed by atoms with Crippen LogP contribution in [-0.2, 0) is 32.1 Å². The second-order valence-electron chi connectivity index (χ2n) is 11.4. The molecule has 0 spiro atoms. The number of aryl methyl sites for hydroxylation is 3. The number of methoxy groups -OCH3 is 1. The first-order chi connectivity index (χ1) is 20.2. The minimum absolute atomic E-state index is 0.0122. The highest BCUT2D eigenvalue weighted by atomic mass is 16.5. The number of fused-ring (bicyclic) bond motifs is 8. The van der Waals surface area contributed by atoms with Gasteiger partial charge in [0, 0.05) is 57.1 Å². The summed E-state index contributed by atoms with van der Waals surface area (Å²) in [6, 6.07) is 6.26. The van der Waals surface area contributed by atoms with Crippen LogP contribution in [0.3, 0.4) is 0 Å². The van der Waals surface area contributed by atoms with Crippen molar-refractivity contribution in [1.82, 2.24) is 19.9 Å². The number of H-pyrrole nitrogens is 2. The van der Waals surface area contributed by atoms with E-state index in [1.807, 2.05) is 19.1 Å². The number of esters is 2. The molecule has 8 bridgehead atoms. The van der Waals surface area contributed by atoms with Crippen molar-refractivity contribution in [2.24, 2.45) is 0 Å². The largest absolute Gasteiger partial charge is 0.469 e. The van der Waals surface area contributed by atoms with E-state index in [0.717, 1.165) is 67.8 Å². The van der Waals surface area contributed by atoms with Crippen LogP contribution in [0.4, 0.5) is 0 Å². The zero-order valence-electron chi connectivity index (χ0n) is 25.0. The average Bonchev–Trinajstić information content (AvgIpc) is 3.65. The number of carbonyl (C=O) groups is 2. The van der Waals surface area contributed by atoms with E-state index in [1.54, 1.807) is 0 Å². The molecule has 2 N–H and O–H groups in total. The Hall–Kier alpha value is -4.46. The van der Waals surface area contributed by atoms with Gasteiger partial charge in [-0.2, -0.15) is 0 Å². The monoisotopic (exact) mass is 564 g/mol. The number of rotatable bonds is 5. The van der Waals surface area contributed by atoms with Gasteiger partial charge in [0.1, 0.15) is 6.61 Å². The molecule has 0 aliphatic carbocycles. The molecule has 0 radical (unpaired) electrons. The van der Waals surface area contributed by atoms with Crippen LogP contribution in [0.1, 0.15) is 96.0 Å². The summed E-state index contributed by atoms with van der Waals surface area (Å²) < 4.78 is 10.7. The number of aromatic amines is 2. The smallest absolute Gasteiger partial charge is 0.341 e. The van der Waals surface area contributed by atoms with Crippen molar-refractivity contribution in [1.29, 1.82) is 0 Å². The minimum atomic E-state index is -0.372. The number of hydrogen-bond donors (Lipinski definition) is 2. The molecule has 0 saturated heterocycles. The Balaban J connectivity index is 1.76. The summed E-state index contributed by atoms with van der Waals surface area (Å²) in [6.45, 7) is 14.6. The fraction of sp³-hybridized carbons (Fsp3) is 0.353. The molecule has 3 aliphatic heterocycles. The maximum atomic E-state index is 13.1. The van der Waals surface area contributed by atoms with Crippen LogP contribution in [0.15, 0.2) is 24.8 Å². The number of ether oxygens (including phenoxy) is 2. The standard InChI is InChI=1S/C34H36N4O4/c1-8-20-16(3)24-12-26-18(5)22(10-11-30(39)41-7)32(37-26)23-15-42-34(40)31-19(6)27(38-33(23)31)14-29-21(9-2)17(4)25(36-29)13-28(20)35-24/h8,12-14,18,22,35-36H,1,9-11,15H2,2-7H3/t18-,22-/m0/s1. The zero-order chi connectivity index (χ0) is 29.9. The average molecular weight is 565 g/mol. The number of allylic oxidation sites excluding steroid dienone is 1. The molecule has 8 heteroatoms. The number of nitrogens with zero attached hydrogens (tertiary/aromatic N) is 2. The Morgan fingerprint density at radius 1 is 1.10 bits per heavy atom. The van der Waals surface area contributed by atoms with E-state index in [0.29, 0.717) is 17.7 Å². The number of carbonyl (C=O) groups excluding carboxylic acids is 2. The first kappa shape index (κ1) is 27.7. The van der Waals surface area contributed by atoms with Crippen molar-refractivity contribution in [2.45, 2.75) is 72.3 Å². The molecule has 0 aromatic carbocycles. The van der Waals surface area contributed by atoms with Gasteiger partial charge in [-0.3, -0.25) is 9.78 Å². The fourth-order valence-electron chi connectivity index (χ4n) is 6.64. The van der Waals surface area contributed by atoms with Crippen LogP contribution >= 0.6 is 0 Å². The van der Waals surface area contributed by atoms with Crippen LogP contribution in [0.25, 0.3) is 39.3 Å². The van der Waals surface area contributed by atoms with Gasteiger partial charge in [0.25, 0.3) is 0 Å². The van der Waals surface area contributed by atoms with Crippen molar-refractivity contribution in [3.63, 3.8) is 0 Å². The van der Waals surface area contributed by atoms with Crippen LogP contribution < -0.4 is 0 Å². The quantitative estimate of drug-likeness (QED) is 0.324. The lowest BCUT2D eigenvalue weighted by molar-refractivity contribution is -0.141. The van der Waals surface area contributed by atoms with Crippen molar-refractivity contribution < 1.29 is 19.1 Å². The van der Waals surface area contributed by atoms with E-state index in [9.17, 15) is 9.59 Å². The maximum Gasteiger partial charge on any atom is 0.341 e. The molecule has 3 aromatic heterocycles. The molecule has 6 heterocycles. The summed E-state index contributed by atoms with van der Waals surface area (Å²) in [5.41, 5.74) is 13.5. The minimum Gasteiger partial charge on any atom is -0.469 e. The van der Waals surface area contributed by atoms with Gasteiger partial charge in [0.05, 0.1) is 29.8 Å². The highest BCUT2D eigenvalue weighted by Gasteiger charge is 2.37. The Labute approximate surface area is 244 Å². The first-order valence-electron chi connectivity index (χ1n) is 14.5. The van der Waals surface area contributed by atoms with Gasteiger partial charge in [-0.1, -0.05) is 26.5 Å². The number of aromatic nitrogens is 4. The predicted octanol–water partition coefficient (Wildman–Crippen LogP) is 6.97. The lowest BCUT2D eigenvalue weighted by Crippen LogP contribution is -2.18. The molecule has 0 saturated carbocycles. The van der Waals surface area contributed by atoms with Crippen molar-refractivity contribution >= 4 is 51.2 Å². The molecule has 0 unspecified atom stereocenters. The van der Waals surface area contributed by atoms with E-state index in [-0.39, 0.29) is 36.8 Å². The third-order valence-corrected chi connectivity index (χ3v) is 9.17. The third kappa shape index (κ3) is 4.28. The number of hydrogen-bond acceptors (Lipinski definition) is 6. The lowest BCUT2D eigenvalue weighted by atomic mass is 9.85. The van der Waals surface area contributed by atoms with Gasteiger partial charge >= 0.3 is 11.9 Å². The van der Waals surface area contributed by atoms with Gasteiger partial charge in [0.2, 0.25) is 0 Å². The number of nitrogens with one attached hydrogen (secondary N) is 2. The molecule has 0 fully saturated rings. The van der Waals surface area contributed by atoms with Crippen LogP contribution in [0, 0.1) is 13.8 Å². The SMILES string of the molecule is C=Cc1c(C)c2cc3nc(c4c5nc(cc6[nH]c(cc1[nH]2)c(C)c6CC)C(C)=C5C(=O)OC4)[C@@H](CCC(=O)OC)[C@@H]3C. The molecule has 2 atom stereocenters. The number of cyclic esters (lactones) is 1. The van der Waals surface area contributed by atoms with Crippen molar-refractivity contribution in [3.05, 3.63) is 75.4 Å². The molecule has 3 aromatic rings. The van der Waals surface area contributed by atoms with Crippen LogP contribution in [0.5, 0.6) is 0 Å². The van der Waals surface area contributed by atoms with E-state index in [1.165, 1.54) is 18.2 Å². The Bertz CT molecular complexity index is 1870. The van der Waals surface area contributed by atoms with Gasteiger partial charge in [-0.05, 0) is 74.1 Å². The summed E-state index contributed by atoms with van der Waals surface area (Å²) in [7, 11) is 1.40. The Kier molecular flexibility index (Phi) is 6.87. The van der Waals surface area contributed by atoms with Crippen LogP contribution in [-0.4, -0.2) is 39.0 Å². The maximum absolute atomic E-state index is 13.1. The van der Waals surface area contributed by atoms with Crippen molar-refractivity contribution in [3.8, 4) is 0 Å². The zero-order valence-corrected chi connectivity index (χ0v) is 25.0. The van der Waals surface area contributed by atoms with Gasteiger partial charge < -0.3 is 19.4 Å². The molecular weight excluding hydrogens is 528 g/mol. The normalized spacial score (nSPS) is 17.8. The first-order valence-corrected chi connectivity index (χ1v) is 14.5. The predicted molar refractivity (Wildman–Crippen MR) is 165 cm³/mol. The Morgan fingerprint density at radius 3 is 2.55 bits per heavy atom. The summed E-state index contributed by atoms with van der Waals surface area (Å²) in [5, 5.41) is 0. The lowest BCUT2D eigenvalue weighted by Gasteiger charge is -2.21. The molecule has 216 valence electrons. The second kappa shape index (κ2) is 10.4. The van der Waals surface area contributed by atoms with E-state index in [2.05, 4.69) is 56.4 Å². The summed E-state index contributed by atoms with van der Waals surface area (Å²) >= 11 is 0. The summed E-state index contributed by atoms with van der Waals surface area (Å²) in [4.78, 5) is 42.7. The van der Waals surface area contributed by atoms with Crippen molar-refractivity contribution in [2.75, 3.05) is 7.11 Å². The molecule has 0 amide bonds. The molecule has 6 rings (SSSR count). The highest BCUT2D eigenvalue weighted by molar-refractivity contribution is 6.26. The van der Waals surface area contributed by atoms with E-state index >= 15 is 0 Å². The van der Waals surface area contributed by atoms with Gasteiger partial charge in [-0.15, -0.1) is 0 Å².